The summed E-state index contributed by atoms with van der Waals surface area (Å²) in [4.78, 5) is 4.37. The van der Waals surface area contributed by atoms with Crippen molar-refractivity contribution >= 4 is 6.21 Å². The second kappa shape index (κ2) is 4.30. The third kappa shape index (κ3) is 1.94. The van der Waals surface area contributed by atoms with Crippen LogP contribution in [0.15, 0.2) is 52.8 Å². The molecule has 0 fully saturated rings. The molecule has 0 aliphatic heterocycles. The molecular weight excluding hydrogens is 184 g/mol. The van der Waals surface area contributed by atoms with Gasteiger partial charge in [-0.1, -0.05) is 24.3 Å². The van der Waals surface area contributed by atoms with Crippen molar-refractivity contribution in [2.24, 2.45) is 16.1 Å². The van der Waals surface area contributed by atoms with Gasteiger partial charge in [0.1, 0.15) is 0 Å². The first-order chi connectivity index (χ1) is 7.03. The third-order valence-corrected chi connectivity index (χ3v) is 2.85. The lowest BCUT2D eigenvalue weighted by atomic mass is 9.77. The van der Waals surface area contributed by atoms with E-state index in [9.17, 15) is 0 Å². The second-order valence-electron chi connectivity index (χ2n) is 3.85. The Morgan fingerprint density at radius 1 is 1.47 bits per heavy atom. The van der Waals surface area contributed by atoms with Crippen molar-refractivity contribution < 1.29 is 0 Å². The van der Waals surface area contributed by atoms with Gasteiger partial charge in [0, 0.05) is 11.9 Å². The van der Waals surface area contributed by atoms with Gasteiger partial charge >= 0.3 is 0 Å². The zero-order chi connectivity index (χ0) is 11.5. The molecule has 2 nitrogen and oxygen atoms in total. The van der Waals surface area contributed by atoms with Gasteiger partial charge in [0.15, 0.2) is 0 Å². The van der Waals surface area contributed by atoms with Crippen molar-refractivity contribution in [3.8, 4) is 0 Å². The van der Waals surface area contributed by atoms with E-state index in [-0.39, 0.29) is 5.41 Å². The predicted molar refractivity (Wildman–Crippen MR) is 66.6 cm³/mol. The number of allylic oxidation sites excluding steroid dienone is 4. The van der Waals surface area contributed by atoms with Gasteiger partial charge in [0.05, 0.1) is 11.1 Å². The van der Waals surface area contributed by atoms with Crippen LogP contribution in [0.1, 0.15) is 20.8 Å². The van der Waals surface area contributed by atoms with Crippen LogP contribution in [0.3, 0.4) is 0 Å². The zero-order valence-electron chi connectivity index (χ0n) is 9.62. The Kier molecular flexibility index (Phi) is 3.30. The lowest BCUT2D eigenvalue weighted by Crippen LogP contribution is -2.27. The van der Waals surface area contributed by atoms with Crippen LogP contribution in [-0.4, -0.2) is 6.21 Å². The molecule has 1 aliphatic rings. The lowest BCUT2D eigenvalue weighted by molar-refractivity contribution is 0.562. The Labute approximate surface area is 91.6 Å². The molecule has 2 heteroatoms. The Balaban J connectivity index is 3.34. The van der Waals surface area contributed by atoms with Crippen LogP contribution in [0.5, 0.6) is 0 Å². The molecule has 0 saturated carbocycles. The van der Waals surface area contributed by atoms with Gasteiger partial charge in [-0.3, -0.25) is 4.99 Å². The molecule has 0 aromatic rings. The fourth-order valence-electron chi connectivity index (χ4n) is 1.56. The highest BCUT2D eigenvalue weighted by atomic mass is 14.8. The van der Waals surface area contributed by atoms with Crippen LogP contribution in [-0.2, 0) is 0 Å². The minimum Gasteiger partial charge on any atom is -0.401 e. The van der Waals surface area contributed by atoms with Crippen molar-refractivity contribution in [3.63, 3.8) is 0 Å². The Bertz CT molecular complexity index is 383. The van der Waals surface area contributed by atoms with Crippen molar-refractivity contribution in [1.29, 1.82) is 0 Å². The average molecular weight is 202 g/mol. The zero-order valence-corrected chi connectivity index (χ0v) is 9.62. The highest BCUT2D eigenvalue weighted by Crippen LogP contribution is 2.40. The molecule has 0 bridgehead atoms. The average Bonchev–Trinajstić information content (AvgIpc) is 2.32. The first kappa shape index (κ1) is 11.5. The quantitative estimate of drug-likeness (QED) is 0.542. The van der Waals surface area contributed by atoms with E-state index in [1.807, 2.05) is 45.1 Å². The fraction of sp³-hybridized carbons (Fsp3) is 0.308. The van der Waals surface area contributed by atoms with Gasteiger partial charge < -0.3 is 5.73 Å². The molecule has 0 aromatic heterocycles. The van der Waals surface area contributed by atoms with E-state index in [0.29, 0.717) is 0 Å². The second-order valence-corrected chi connectivity index (χ2v) is 3.85. The number of aliphatic imine (C=N–C) groups is 1. The summed E-state index contributed by atoms with van der Waals surface area (Å²) < 4.78 is 0. The normalized spacial score (nSPS) is 26.1. The SMILES string of the molecule is C=C(C)C1(C)C(N)=CC=CC=C1/N=C\C. The summed E-state index contributed by atoms with van der Waals surface area (Å²) in [7, 11) is 0. The molecule has 80 valence electrons. The summed E-state index contributed by atoms with van der Waals surface area (Å²) in [5, 5.41) is 0. The highest BCUT2D eigenvalue weighted by molar-refractivity contribution is 5.57. The van der Waals surface area contributed by atoms with Crippen LogP contribution in [0.25, 0.3) is 0 Å². The van der Waals surface area contributed by atoms with Crippen LogP contribution in [0.2, 0.25) is 0 Å². The van der Waals surface area contributed by atoms with Crippen molar-refractivity contribution in [1.82, 2.24) is 0 Å². The third-order valence-electron chi connectivity index (χ3n) is 2.85. The number of rotatable bonds is 2. The fourth-order valence-corrected chi connectivity index (χ4v) is 1.56. The molecule has 1 unspecified atom stereocenters. The van der Waals surface area contributed by atoms with Gasteiger partial charge in [-0.15, -0.1) is 0 Å². The summed E-state index contributed by atoms with van der Waals surface area (Å²) in [6.45, 7) is 9.93. The topological polar surface area (TPSA) is 38.4 Å². The molecular formula is C13H18N2. The lowest BCUT2D eigenvalue weighted by Gasteiger charge is -2.30. The molecule has 0 radical (unpaired) electrons. The van der Waals surface area contributed by atoms with E-state index < -0.39 is 0 Å². The summed E-state index contributed by atoms with van der Waals surface area (Å²) in [6.07, 6.45) is 9.53. The van der Waals surface area contributed by atoms with Gasteiger partial charge in [-0.25, -0.2) is 0 Å². The summed E-state index contributed by atoms with van der Waals surface area (Å²) >= 11 is 0. The van der Waals surface area contributed by atoms with Crippen LogP contribution in [0, 0.1) is 5.41 Å². The molecule has 1 rings (SSSR count). The molecule has 0 amide bonds. The summed E-state index contributed by atoms with van der Waals surface area (Å²) in [6, 6.07) is 0. The van der Waals surface area contributed by atoms with Gasteiger partial charge in [0.2, 0.25) is 0 Å². The maximum atomic E-state index is 6.07. The molecule has 0 saturated heterocycles. The monoisotopic (exact) mass is 202 g/mol. The first-order valence-corrected chi connectivity index (χ1v) is 5.03. The molecule has 1 atom stereocenters. The smallest absolute Gasteiger partial charge is 0.0695 e. The van der Waals surface area contributed by atoms with E-state index in [0.717, 1.165) is 17.0 Å². The first-order valence-electron chi connectivity index (χ1n) is 5.03. The van der Waals surface area contributed by atoms with Gasteiger partial charge in [0.25, 0.3) is 0 Å². The Morgan fingerprint density at radius 3 is 2.60 bits per heavy atom. The summed E-state index contributed by atoms with van der Waals surface area (Å²) in [5.41, 5.74) is 8.41. The Morgan fingerprint density at radius 2 is 2.07 bits per heavy atom. The number of nitrogens with zero attached hydrogens (tertiary/aromatic N) is 1. The van der Waals surface area contributed by atoms with Crippen molar-refractivity contribution in [2.75, 3.05) is 0 Å². The minimum atomic E-state index is -0.365. The maximum absolute atomic E-state index is 6.07. The van der Waals surface area contributed by atoms with E-state index in [1.165, 1.54) is 0 Å². The van der Waals surface area contributed by atoms with E-state index in [4.69, 9.17) is 5.73 Å². The molecule has 0 spiro atoms. The van der Waals surface area contributed by atoms with Crippen LogP contribution in [0.4, 0.5) is 0 Å². The predicted octanol–water partition coefficient (Wildman–Crippen LogP) is 2.96. The van der Waals surface area contributed by atoms with Crippen LogP contribution < -0.4 is 5.73 Å². The highest BCUT2D eigenvalue weighted by Gasteiger charge is 2.32. The minimum absolute atomic E-state index is 0.365. The van der Waals surface area contributed by atoms with Crippen LogP contribution >= 0.6 is 0 Å². The number of hydrogen-bond donors (Lipinski definition) is 1. The molecule has 2 N–H and O–H groups in total. The van der Waals surface area contributed by atoms with Crippen molar-refractivity contribution in [3.05, 3.63) is 47.9 Å². The van der Waals surface area contributed by atoms with E-state index in [1.54, 1.807) is 6.21 Å². The van der Waals surface area contributed by atoms with Crippen molar-refractivity contribution in [2.45, 2.75) is 20.8 Å². The number of hydrogen-bond acceptors (Lipinski definition) is 2. The summed E-state index contributed by atoms with van der Waals surface area (Å²) in [5.74, 6) is 0. The molecule has 0 heterocycles. The molecule has 1 aliphatic carbocycles. The Hall–Kier alpha value is -1.57. The van der Waals surface area contributed by atoms with Gasteiger partial charge in [-0.2, -0.15) is 0 Å². The largest absolute Gasteiger partial charge is 0.401 e. The van der Waals surface area contributed by atoms with E-state index in [2.05, 4.69) is 11.6 Å². The standard InChI is InChI=1S/C13H18N2/c1-5-15-12-9-7-6-8-11(14)13(12,4)10(2)3/h5-9H,2,14H2,1,3-4H3/b15-5-. The maximum Gasteiger partial charge on any atom is 0.0695 e. The molecule has 0 aromatic carbocycles. The number of nitrogens with two attached hydrogens (primary N) is 1. The van der Waals surface area contributed by atoms with Gasteiger partial charge in [-0.05, 0) is 32.9 Å². The molecule has 15 heavy (non-hydrogen) atoms. The van der Waals surface area contributed by atoms with E-state index >= 15 is 0 Å².